The predicted octanol–water partition coefficient (Wildman–Crippen LogP) is 2.46. The molecule has 0 saturated carbocycles. The number of halogens is 4. The minimum absolute atomic E-state index is 0.188. The summed E-state index contributed by atoms with van der Waals surface area (Å²) in [6.45, 7) is 2.62. The molecule has 0 aliphatic rings. The van der Waals surface area contributed by atoms with Gasteiger partial charge in [-0.2, -0.15) is 18.3 Å². The Hall–Kier alpha value is -0.600. The van der Waals surface area contributed by atoms with E-state index in [0.29, 0.717) is 6.54 Å². The Morgan fingerprint density at radius 2 is 2.11 bits per heavy atom. The van der Waals surface area contributed by atoms with Gasteiger partial charge >= 0.3 is 6.18 Å². The van der Waals surface area contributed by atoms with E-state index in [1.54, 1.807) is 4.68 Å². The molecule has 8 heteroatoms. The fraction of sp³-hybridized carbons (Fsp3) is 0.727. The summed E-state index contributed by atoms with van der Waals surface area (Å²) in [4.78, 5) is 0. The molecule has 0 spiro atoms. The second-order valence-electron chi connectivity index (χ2n) is 4.15. The topological polar surface area (TPSA) is 47.3 Å². The third kappa shape index (κ3) is 5.12. The van der Waals surface area contributed by atoms with Gasteiger partial charge in [0.25, 0.3) is 0 Å². The second kappa shape index (κ2) is 6.71. The van der Waals surface area contributed by atoms with Crippen molar-refractivity contribution in [2.24, 2.45) is 0 Å². The van der Waals surface area contributed by atoms with Crippen molar-refractivity contribution in [3.05, 3.63) is 15.9 Å². The number of hydrogen-bond donors (Lipinski definition) is 1. The van der Waals surface area contributed by atoms with Crippen LogP contribution in [0, 0.1) is 6.92 Å². The highest BCUT2D eigenvalue weighted by molar-refractivity contribution is 9.10. The van der Waals surface area contributed by atoms with Crippen LogP contribution >= 0.6 is 15.9 Å². The lowest BCUT2D eigenvalue weighted by atomic mass is 10.2. The summed E-state index contributed by atoms with van der Waals surface area (Å²) in [7, 11) is 0. The molecule has 0 radical (unpaired) electrons. The highest BCUT2D eigenvalue weighted by Gasteiger charge is 2.28. The number of hydrogen-bond acceptors (Lipinski definition) is 3. The molecule has 19 heavy (non-hydrogen) atoms. The van der Waals surface area contributed by atoms with Crippen molar-refractivity contribution < 1.29 is 23.0 Å². The summed E-state index contributed by atoms with van der Waals surface area (Å²) in [6, 6.07) is 0. The quantitative estimate of drug-likeness (QED) is 0.862. The number of nitrogens with zero attached hydrogens (tertiary/aromatic N) is 2. The van der Waals surface area contributed by atoms with Crippen molar-refractivity contribution in [3.63, 3.8) is 0 Å². The van der Waals surface area contributed by atoms with E-state index in [1.807, 2.05) is 13.8 Å². The molecule has 0 aromatic carbocycles. The van der Waals surface area contributed by atoms with Crippen LogP contribution in [-0.4, -0.2) is 40.4 Å². The predicted molar refractivity (Wildman–Crippen MR) is 66.9 cm³/mol. The Bertz CT molecular complexity index is 421. The summed E-state index contributed by atoms with van der Waals surface area (Å²) in [5, 5.41) is 13.9. The average molecular weight is 345 g/mol. The number of aryl methyl sites for hydroxylation is 2. The van der Waals surface area contributed by atoms with E-state index in [4.69, 9.17) is 0 Å². The monoisotopic (exact) mass is 344 g/mol. The first-order chi connectivity index (χ1) is 8.74. The lowest BCUT2D eigenvalue weighted by Crippen LogP contribution is -2.25. The minimum atomic E-state index is -4.37. The lowest BCUT2D eigenvalue weighted by molar-refractivity contribution is -0.179. The van der Waals surface area contributed by atoms with Crippen molar-refractivity contribution >= 4 is 15.9 Å². The van der Waals surface area contributed by atoms with E-state index in [2.05, 4.69) is 25.8 Å². The van der Waals surface area contributed by atoms with E-state index in [0.717, 1.165) is 15.9 Å². The van der Waals surface area contributed by atoms with Crippen LogP contribution in [0.1, 0.15) is 18.3 Å². The molecule has 0 saturated heterocycles. The van der Waals surface area contributed by atoms with E-state index >= 15 is 0 Å². The smallest absolute Gasteiger partial charge is 0.390 e. The van der Waals surface area contributed by atoms with Crippen LogP contribution in [0.15, 0.2) is 4.47 Å². The van der Waals surface area contributed by atoms with Crippen molar-refractivity contribution in [1.29, 1.82) is 0 Å². The van der Waals surface area contributed by atoms with Crippen LogP contribution in [0.3, 0.4) is 0 Å². The van der Waals surface area contributed by atoms with E-state index in [1.165, 1.54) is 0 Å². The Morgan fingerprint density at radius 3 is 2.63 bits per heavy atom. The first-order valence-electron chi connectivity index (χ1n) is 5.79. The highest BCUT2D eigenvalue weighted by Crippen LogP contribution is 2.22. The van der Waals surface area contributed by atoms with Gasteiger partial charge in [-0.05, 0) is 29.8 Å². The molecule has 0 fully saturated rings. The summed E-state index contributed by atoms with van der Waals surface area (Å²) in [6.07, 6.45) is -5.19. The van der Waals surface area contributed by atoms with Crippen molar-refractivity contribution in [2.45, 2.75) is 39.1 Å². The zero-order valence-corrected chi connectivity index (χ0v) is 12.3. The van der Waals surface area contributed by atoms with Gasteiger partial charge in [-0.25, -0.2) is 0 Å². The number of aromatic nitrogens is 2. The Morgan fingerprint density at radius 1 is 1.47 bits per heavy atom. The highest BCUT2D eigenvalue weighted by atomic mass is 79.9. The van der Waals surface area contributed by atoms with Crippen LogP contribution in [0.25, 0.3) is 0 Å². The van der Waals surface area contributed by atoms with E-state index in [-0.39, 0.29) is 13.0 Å². The van der Waals surface area contributed by atoms with Gasteiger partial charge in [-0.15, -0.1) is 0 Å². The SMILES string of the molecule is CCn1nc(C)c(Br)c1CC(O)COCC(F)(F)F. The van der Waals surface area contributed by atoms with Crippen LogP contribution in [0.4, 0.5) is 13.2 Å². The van der Waals surface area contributed by atoms with Gasteiger partial charge in [-0.1, -0.05) is 0 Å². The maximum absolute atomic E-state index is 11.9. The molecule has 0 aliphatic heterocycles. The third-order valence-electron chi connectivity index (χ3n) is 2.46. The van der Waals surface area contributed by atoms with E-state index in [9.17, 15) is 18.3 Å². The molecule has 4 nitrogen and oxygen atoms in total. The Kier molecular flexibility index (Phi) is 5.82. The van der Waals surface area contributed by atoms with E-state index < -0.39 is 18.9 Å². The molecule has 1 atom stereocenters. The van der Waals surface area contributed by atoms with Gasteiger partial charge in [0.15, 0.2) is 0 Å². The van der Waals surface area contributed by atoms with Crippen LogP contribution < -0.4 is 0 Å². The largest absolute Gasteiger partial charge is 0.411 e. The molecule has 1 N–H and O–H groups in total. The standard InChI is InChI=1S/C11H16BrF3N2O2/c1-3-17-9(10(12)7(2)16-17)4-8(18)5-19-6-11(13,14)15/h8,18H,3-6H2,1-2H3. The molecule has 0 aliphatic carbocycles. The normalized spacial score (nSPS) is 13.8. The van der Waals surface area contributed by atoms with Gasteiger partial charge in [0.1, 0.15) is 6.61 Å². The zero-order chi connectivity index (χ0) is 14.6. The fourth-order valence-electron chi connectivity index (χ4n) is 1.66. The van der Waals surface area contributed by atoms with Gasteiger partial charge in [0.2, 0.25) is 0 Å². The number of aliphatic hydroxyl groups excluding tert-OH is 1. The van der Waals surface area contributed by atoms with Gasteiger partial charge in [-0.3, -0.25) is 4.68 Å². The summed E-state index contributed by atoms with van der Waals surface area (Å²) < 4.78 is 42.6. The molecule has 110 valence electrons. The summed E-state index contributed by atoms with van der Waals surface area (Å²) in [5.41, 5.74) is 1.53. The molecule has 1 unspecified atom stereocenters. The first-order valence-corrected chi connectivity index (χ1v) is 6.58. The molecule has 1 aromatic heterocycles. The second-order valence-corrected chi connectivity index (χ2v) is 4.94. The van der Waals surface area contributed by atoms with Crippen molar-refractivity contribution in [3.8, 4) is 0 Å². The van der Waals surface area contributed by atoms with Gasteiger partial charge in [0, 0.05) is 13.0 Å². The molecular formula is C11H16BrF3N2O2. The maximum Gasteiger partial charge on any atom is 0.411 e. The minimum Gasteiger partial charge on any atom is -0.390 e. The summed E-state index contributed by atoms with van der Waals surface area (Å²) in [5.74, 6) is 0. The van der Waals surface area contributed by atoms with Crippen LogP contribution in [-0.2, 0) is 17.7 Å². The Balaban J connectivity index is 2.55. The van der Waals surface area contributed by atoms with Crippen LogP contribution in [0.2, 0.25) is 0 Å². The number of aliphatic hydroxyl groups is 1. The average Bonchev–Trinajstić information content (AvgIpc) is 2.55. The number of ether oxygens (including phenoxy) is 1. The first kappa shape index (κ1) is 16.5. The van der Waals surface area contributed by atoms with Crippen LogP contribution in [0.5, 0.6) is 0 Å². The third-order valence-corrected chi connectivity index (χ3v) is 3.49. The van der Waals surface area contributed by atoms with Gasteiger partial charge in [0.05, 0.1) is 28.6 Å². The molecule has 1 heterocycles. The molecule has 1 rings (SSSR count). The fourth-order valence-corrected chi connectivity index (χ4v) is 2.10. The molecule has 0 amide bonds. The zero-order valence-electron chi connectivity index (χ0n) is 10.7. The van der Waals surface area contributed by atoms with Crippen molar-refractivity contribution in [2.75, 3.05) is 13.2 Å². The lowest BCUT2D eigenvalue weighted by Gasteiger charge is -2.13. The maximum atomic E-state index is 11.9. The van der Waals surface area contributed by atoms with Gasteiger partial charge < -0.3 is 9.84 Å². The number of rotatable bonds is 6. The van der Waals surface area contributed by atoms with Crippen molar-refractivity contribution in [1.82, 2.24) is 9.78 Å². The number of alkyl halides is 3. The molecule has 1 aromatic rings. The Labute approximate surface area is 117 Å². The summed E-state index contributed by atoms with van der Waals surface area (Å²) >= 11 is 3.36. The molecule has 0 bridgehead atoms. The molecular weight excluding hydrogens is 329 g/mol.